The Balaban J connectivity index is 2.05. The molecule has 0 amide bonds. The highest BCUT2D eigenvalue weighted by Gasteiger charge is 2.38. The molecule has 1 rings (SSSR count). The number of carbonyl (C=O) groups excluding carboxylic acids is 2. The van der Waals surface area contributed by atoms with E-state index in [1.165, 1.54) is 57.8 Å². The van der Waals surface area contributed by atoms with Gasteiger partial charge in [-0.25, -0.2) is 0 Å². The Kier molecular flexibility index (Phi) is 16.5. The molecule has 0 N–H and O–H groups in total. The molecular formula is C26H48O6. The van der Waals surface area contributed by atoms with Gasteiger partial charge >= 0.3 is 11.9 Å². The van der Waals surface area contributed by atoms with E-state index in [1.807, 2.05) is 6.92 Å². The minimum Gasteiger partial charge on any atom is -0.466 e. The summed E-state index contributed by atoms with van der Waals surface area (Å²) in [6.45, 7) is 7.30. The molecule has 32 heavy (non-hydrogen) atoms. The topological polar surface area (TPSA) is 71.1 Å². The van der Waals surface area contributed by atoms with E-state index >= 15 is 0 Å². The fourth-order valence-corrected chi connectivity index (χ4v) is 3.86. The highest BCUT2D eigenvalue weighted by Crippen LogP contribution is 2.28. The number of rotatable bonds is 20. The lowest BCUT2D eigenvalue weighted by Crippen LogP contribution is -2.29. The van der Waals surface area contributed by atoms with Gasteiger partial charge in [-0.15, -0.1) is 0 Å². The first kappa shape index (κ1) is 28.9. The van der Waals surface area contributed by atoms with E-state index < -0.39 is 5.79 Å². The quantitative estimate of drug-likeness (QED) is 0.154. The third-order valence-corrected chi connectivity index (χ3v) is 5.95. The third-order valence-electron chi connectivity index (χ3n) is 5.95. The van der Waals surface area contributed by atoms with Crippen LogP contribution in [0.2, 0.25) is 0 Å². The van der Waals surface area contributed by atoms with E-state index in [0.29, 0.717) is 26.1 Å². The van der Waals surface area contributed by atoms with Crippen LogP contribution in [0.4, 0.5) is 0 Å². The number of hydrogen-bond acceptors (Lipinski definition) is 6. The molecule has 1 fully saturated rings. The molecule has 0 spiro atoms. The van der Waals surface area contributed by atoms with Gasteiger partial charge in [0.2, 0.25) is 0 Å². The Morgan fingerprint density at radius 2 is 1.34 bits per heavy atom. The van der Waals surface area contributed by atoms with Crippen molar-refractivity contribution >= 4 is 11.9 Å². The third kappa shape index (κ3) is 14.8. The van der Waals surface area contributed by atoms with E-state index in [9.17, 15) is 9.59 Å². The van der Waals surface area contributed by atoms with Crippen LogP contribution in [0.25, 0.3) is 0 Å². The monoisotopic (exact) mass is 456 g/mol. The molecule has 6 heteroatoms. The fraction of sp³-hybridized carbons (Fsp3) is 0.923. The van der Waals surface area contributed by atoms with Crippen molar-refractivity contribution in [2.75, 3.05) is 19.8 Å². The van der Waals surface area contributed by atoms with Crippen molar-refractivity contribution < 1.29 is 28.5 Å². The summed E-state index contributed by atoms with van der Waals surface area (Å²) in [7, 11) is 0. The number of esters is 2. The SMILES string of the molecule is CCCCCCCCCOC(=O)CCC1(C)OCC(COC(=O)CCCCCCCC)O1. The van der Waals surface area contributed by atoms with Gasteiger partial charge in [-0.2, -0.15) is 0 Å². The molecular weight excluding hydrogens is 408 g/mol. The Bertz CT molecular complexity index is 495. The molecule has 1 saturated heterocycles. The average molecular weight is 457 g/mol. The normalized spacial score (nSPS) is 20.4. The van der Waals surface area contributed by atoms with Gasteiger partial charge in [0.15, 0.2) is 5.79 Å². The van der Waals surface area contributed by atoms with Crippen LogP contribution in [-0.2, 0) is 28.5 Å². The van der Waals surface area contributed by atoms with Crippen molar-refractivity contribution in [3.05, 3.63) is 0 Å². The first-order chi connectivity index (χ1) is 15.5. The van der Waals surface area contributed by atoms with Gasteiger partial charge in [-0.1, -0.05) is 84.5 Å². The molecule has 188 valence electrons. The molecule has 2 atom stereocenters. The summed E-state index contributed by atoms with van der Waals surface area (Å²) in [4.78, 5) is 23.9. The van der Waals surface area contributed by atoms with Crippen LogP contribution in [0.1, 0.15) is 124 Å². The van der Waals surface area contributed by atoms with E-state index in [-0.39, 0.29) is 31.1 Å². The molecule has 1 aliphatic rings. The smallest absolute Gasteiger partial charge is 0.305 e. The predicted octanol–water partition coefficient (Wildman–Crippen LogP) is 6.49. The maximum absolute atomic E-state index is 12.0. The predicted molar refractivity (Wildman–Crippen MR) is 126 cm³/mol. The van der Waals surface area contributed by atoms with E-state index in [0.717, 1.165) is 25.7 Å². The summed E-state index contributed by atoms with van der Waals surface area (Å²) in [6.07, 6.45) is 16.1. The molecule has 0 aliphatic carbocycles. The first-order valence-corrected chi connectivity index (χ1v) is 13.1. The van der Waals surface area contributed by atoms with Crippen molar-refractivity contribution in [1.82, 2.24) is 0 Å². The number of unbranched alkanes of at least 4 members (excludes halogenated alkanes) is 11. The summed E-state index contributed by atoms with van der Waals surface area (Å²) in [5.74, 6) is -1.21. The zero-order valence-electron chi connectivity index (χ0n) is 21.0. The summed E-state index contributed by atoms with van der Waals surface area (Å²) in [5.41, 5.74) is 0. The van der Waals surface area contributed by atoms with Gasteiger partial charge in [0.05, 0.1) is 19.6 Å². The second kappa shape index (κ2) is 18.3. The van der Waals surface area contributed by atoms with Crippen molar-refractivity contribution in [3.8, 4) is 0 Å². The number of hydrogen-bond donors (Lipinski definition) is 0. The Labute approximate surface area is 196 Å². The van der Waals surface area contributed by atoms with Gasteiger partial charge in [-0.05, 0) is 19.8 Å². The Hall–Kier alpha value is -1.14. The molecule has 0 aromatic carbocycles. The Morgan fingerprint density at radius 3 is 2.00 bits per heavy atom. The van der Waals surface area contributed by atoms with Crippen LogP contribution in [-0.4, -0.2) is 43.7 Å². The van der Waals surface area contributed by atoms with Crippen molar-refractivity contribution in [2.24, 2.45) is 0 Å². The molecule has 0 aromatic rings. The van der Waals surface area contributed by atoms with Gasteiger partial charge < -0.3 is 18.9 Å². The molecule has 0 bridgehead atoms. The Morgan fingerprint density at radius 1 is 0.781 bits per heavy atom. The van der Waals surface area contributed by atoms with E-state index in [4.69, 9.17) is 18.9 Å². The molecule has 0 radical (unpaired) electrons. The van der Waals surface area contributed by atoms with E-state index in [1.54, 1.807) is 0 Å². The van der Waals surface area contributed by atoms with Crippen LogP contribution in [0.15, 0.2) is 0 Å². The number of ether oxygens (including phenoxy) is 4. The molecule has 2 unspecified atom stereocenters. The van der Waals surface area contributed by atoms with Crippen LogP contribution in [0, 0.1) is 0 Å². The van der Waals surface area contributed by atoms with E-state index in [2.05, 4.69) is 13.8 Å². The van der Waals surface area contributed by atoms with Gasteiger partial charge in [0.1, 0.15) is 12.7 Å². The molecule has 1 heterocycles. The maximum atomic E-state index is 12.0. The van der Waals surface area contributed by atoms with Crippen LogP contribution in [0.5, 0.6) is 0 Å². The molecule has 6 nitrogen and oxygen atoms in total. The van der Waals surface area contributed by atoms with Gasteiger partial charge in [0.25, 0.3) is 0 Å². The van der Waals surface area contributed by atoms with Crippen LogP contribution < -0.4 is 0 Å². The minimum atomic E-state index is -0.825. The lowest BCUT2D eigenvalue weighted by Gasteiger charge is -2.22. The van der Waals surface area contributed by atoms with Crippen molar-refractivity contribution in [2.45, 2.75) is 135 Å². The maximum Gasteiger partial charge on any atom is 0.305 e. The lowest BCUT2D eigenvalue weighted by atomic mass is 10.1. The van der Waals surface area contributed by atoms with Crippen molar-refractivity contribution in [3.63, 3.8) is 0 Å². The van der Waals surface area contributed by atoms with Crippen LogP contribution >= 0.6 is 0 Å². The summed E-state index contributed by atoms with van der Waals surface area (Å²) >= 11 is 0. The van der Waals surface area contributed by atoms with Crippen molar-refractivity contribution in [1.29, 1.82) is 0 Å². The number of carbonyl (C=O) groups is 2. The molecule has 0 aromatic heterocycles. The summed E-state index contributed by atoms with van der Waals surface area (Å²) in [6, 6.07) is 0. The molecule has 0 saturated carbocycles. The summed E-state index contributed by atoms with van der Waals surface area (Å²) < 4.78 is 22.3. The minimum absolute atomic E-state index is 0.174. The summed E-state index contributed by atoms with van der Waals surface area (Å²) in [5, 5.41) is 0. The van der Waals surface area contributed by atoms with Crippen LogP contribution in [0.3, 0.4) is 0 Å². The lowest BCUT2D eigenvalue weighted by molar-refractivity contribution is -0.174. The van der Waals surface area contributed by atoms with Gasteiger partial charge in [0, 0.05) is 12.8 Å². The molecule has 1 aliphatic heterocycles. The average Bonchev–Trinajstić information content (AvgIpc) is 3.16. The largest absolute Gasteiger partial charge is 0.466 e. The standard InChI is InChI=1S/C26H48O6/c1-4-6-8-10-12-14-16-20-29-25(28)18-19-26(3)31-22-23(32-26)21-30-24(27)17-15-13-11-9-7-5-2/h23H,4-22H2,1-3H3. The second-order valence-corrected chi connectivity index (χ2v) is 9.23. The zero-order valence-corrected chi connectivity index (χ0v) is 21.0. The highest BCUT2D eigenvalue weighted by atomic mass is 16.7. The highest BCUT2D eigenvalue weighted by molar-refractivity contribution is 5.69. The second-order valence-electron chi connectivity index (χ2n) is 9.23. The van der Waals surface area contributed by atoms with Gasteiger partial charge in [-0.3, -0.25) is 9.59 Å². The fourth-order valence-electron chi connectivity index (χ4n) is 3.86. The first-order valence-electron chi connectivity index (χ1n) is 13.1. The zero-order chi connectivity index (χ0) is 23.5.